The van der Waals surface area contributed by atoms with E-state index >= 15 is 0 Å². The minimum absolute atomic E-state index is 0. The summed E-state index contributed by atoms with van der Waals surface area (Å²) in [7, 11) is 0. The van der Waals surface area contributed by atoms with E-state index in [2.05, 4.69) is 22.5 Å². The summed E-state index contributed by atoms with van der Waals surface area (Å²) in [5.74, 6) is 1.31. The molecule has 2 unspecified atom stereocenters. The number of nitrogens with zero attached hydrogens (tertiary/aromatic N) is 2. The molecule has 2 aromatic heterocycles. The number of rotatable bonds is 3. The van der Waals surface area contributed by atoms with Crippen molar-refractivity contribution in [1.82, 2.24) is 20.2 Å². The third-order valence-corrected chi connectivity index (χ3v) is 4.66. The number of aromatic nitrogens is 2. The van der Waals surface area contributed by atoms with Crippen molar-refractivity contribution in [1.29, 1.82) is 0 Å². The van der Waals surface area contributed by atoms with Crippen LogP contribution in [0.25, 0.3) is 5.82 Å². The number of piperidine rings is 1. The third-order valence-electron chi connectivity index (χ3n) is 4.66. The number of nitrogens with one attached hydrogen (secondary N) is 2. The number of hydrogen-bond acceptors (Lipinski definition) is 3. The zero-order valence-electron chi connectivity index (χ0n) is 14.8. The third kappa shape index (κ3) is 4.54. The van der Waals surface area contributed by atoms with Gasteiger partial charge < -0.3 is 15.2 Å². The van der Waals surface area contributed by atoms with Gasteiger partial charge in [0.05, 0.1) is 5.56 Å². The number of amides is 1. The van der Waals surface area contributed by atoms with Gasteiger partial charge in [-0.2, -0.15) is 0 Å². The maximum absolute atomic E-state index is 12.7. The number of carbonyl (C=O) groups is 1. The SMILES string of the molecule is Cc1cc(C(=O)NC2CCNCC2C)c(C)n1-c1ccccn1.Cl.Cl. The standard InChI is InChI=1S/C18H24N4O.2ClH/c1-12-11-19-9-7-16(12)21-18(23)15-10-13(2)22(14(15)3)17-6-4-5-8-20-17;;/h4-6,8,10,12,16,19H,7,9,11H2,1-3H3,(H,21,23);2*1H. The molecular weight excluding hydrogens is 359 g/mol. The summed E-state index contributed by atoms with van der Waals surface area (Å²) >= 11 is 0. The molecule has 3 rings (SSSR count). The molecule has 0 spiro atoms. The molecule has 2 atom stereocenters. The highest BCUT2D eigenvalue weighted by Crippen LogP contribution is 2.20. The lowest BCUT2D eigenvalue weighted by atomic mass is 9.95. The van der Waals surface area contributed by atoms with Crippen molar-refractivity contribution in [2.75, 3.05) is 13.1 Å². The highest BCUT2D eigenvalue weighted by molar-refractivity contribution is 5.96. The van der Waals surface area contributed by atoms with E-state index in [9.17, 15) is 4.79 Å². The smallest absolute Gasteiger partial charge is 0.253 e. The molecule has 2 aromatic rings. The Morgan fingerprint density at radius 3 is 2.72 bits per heavy atom. The monoisotopic (exact) mass is 384 g/mol. The number of aryl methyl sites for hydroxylation is 1. The Hall–Kier alpha value is -1.56. The van der Waals surface area contributed by atoms with E-state index < -0.39 is 0 Å². The van der Waals surface area contributed by atoms with Crippen LogP contribution in [0.1, 0.15) is 35.1 Å². The second-order valence-corrected chi connectivity index (χ2v) is 6.36. The molecule has 1 aliphatic rings. The highest BCUT2D eigenvalue weighted by atomic mass is 35.5. The van der Waals surface area contributed by atoms with Crippen LogP contribution in [-0.4, -0.2) is 34.6 Å². The van der Waals surface area contributed by atoms with Gasteiger partial charge in [0.25, 0.3) is 5.91 Å². The highest BCUT2D eigenvalue weighted by Gasteiger charge is 2.25. The Balaban J connectivity index is 0.00000156. The molecule has 0 bridgehead atoms. The van der Waals surface area contributed by atoms with Gasteiger partial charge in [0.2, 0.25) is 0 Å². The summed E-state index contributed by atoms with van der Waals surface area (Å²) < 4.78 is 2.03. The zero-order chi connectivity index (χ0) is 16.4. The van der Waals surface area contributed by atoms with Crippen LogP contribution in [0.2, 0.25) is 0 Å². The van der Waals surface area contributed by atoms with E-state index in [1.807, 2.05) is 42.7 Å². The molecule has 25 heavy (non-hydrogen) atoms. The number of hydrogen-bond donors (Lipinski definition) is 2. The van der Waals surface area contributed by atoms with Gasteiger partial charge in [-0.3, -0.25) is 4.79 Å². The van der Waals surface area contributed by atoms with Gasteiger partial charge in [-0.25, -0.2) is 4.98 Å². The van der Waals surface area contributed by atoms with Gasteiger partial charge in [-0.1, -0.05) is 13.0 Å². The lowest BCUT2D eigenvalue weighted by Gasteiger charge is -2.30. The first-order chi connectivity index (χ1) is 11.1. The normalized spacial score (nSPS) is 19.5. The Labute approximate surface area is 161 Å². The molecule has 2 N–H and O–H groups in total. The molecule has 1 amide bonds. The van der Waals surface area contributed by atoms with Crippen LogP contribution in [-0.2, 0) is 0 Å². The van der Waals surface area contributed by atoms with Crippen molar-refractivity contribution in [2.45, 2.75) is 33.2 Å². The van der Waals surface area contributed by atoms with Crippen LogP contribution in [0.3, 0.4) is 0 Å². The Morgan fingerprint density at radius 1 is 1.32 bits per heavy atom. The second-order valence-electron chi connectivity index (χ2n) is 6.36. The van der Waals surface area contributed by atoms with Crippen LogP contribution in [0.4, 0.5) is 0 Å². The van der Waals surface area contributed by atoms with Crippen LogP contribution in [0.5, 0.6) is 0 Å². The van der Waals surface area contributed by atoms with Gasteiger partial charge in [-0.15, -0.1) is 24.8 Å². The molecule has 1 saturated heterocycles. The topological polar surface area (TPSA) is 59.0 Å². The van der Waals surface area contributed by atoms with Crippen molar-refractivity contribution >= 4 is 30.7 Å². The summed E-state index contributed by atoms with van der Waals surface area (Å²) in [6, 6.07) is 7.99. The summed E-state index contributed by atoms with van der Waals surface area (Å²) in [6.07, 6.45) is 2.75. The number of pyridine rings is 1. The van der Waals surface area contributed by atoms with E-state index in [4.69, 9.17) is 0 Å². The van der Waals surface area contributed by atoms with Crippen molar-refractivity contribution in [2.24, 2.45) is 5.92 Å². The molecule has 1 fully saturated rings. The molecule has 138 valence electrons. The summed E-state index contributed by atoms with van der Waals surface area (Å²) in [5.41, 5.74) is 2.68. The van der Waals surface area contributed by atoms with Gasteiger partial charge >= 0.3 is 0 Å². The van der Waals surface area contributed by atoms with E-state index in [0.29, 0.717) is 5.92 Å². The van der Waals surface area contributed by atoms with Crippen molar-refractivity contribution in [3.05, 3.63) is 47.4 Å². The summed E-state index contributed by atoms with van der Waals surface area (Å²) in [4.78, 5) is 17.1. The van der Waals surface area contributed by atoms with Crippen LogP contribution in [0.15, 0.2) is 30.5 Å². The zero-order valence-corrected chi connectivity index (χ0v) is 16.4. The quantitative estimate of drug-likeness (QED) is 0.854. The van der Waals surface area contributed by atoms with Crippen LogP contribution in [0, 0.1) is 19.8 Å². The maximum Gasteiger partial charge on any atom is 0.253 e. The predicted octanol–water partition coefficient (Wildman–Crippen LogP) is 3.06. The van der Waals surface area contributed by atoms with Crippen LogP contribution >= 0.6 is 24.8 Å². The molecule has 0 saturated carbocycles. The number of halogens is 2. The second kappa shape index (κ2) is 9.22. The largest absolute Gasteiger partial charge is 0.349 e. The summed E-state index contributed by atoms with van der Waals surface area (Å²) in [5, 5.41) is 6.57. The molecule has 7 heteroatoms. The van der Waals surface area contributed by atoms with E-state index in [1.165, 1.54) is 0 Å². The maximum atomic E-state index is 12.7. The molecule has 0 aromatic carbocycles. The average Bonchev–Trinajstić information content (AvgIpc) is 2.85. The van der Waals surface area contributed by atoms with Gasteiger partial charge in [0, 0.05) is 23.6 Å². The fourth-order valence-electron chi connectivity index (χ4n) is 3.31. The van der Waals surface area contributed by atoms with E-state index in [-0.39, 0.29) is 36.8 Å². The summed E-state index contributed by atoms with van der Waals surface area (Å²) in [6.45, 7) is 8.07. The van der Waals surface area contributed by atoms with Gasteiger partial charge in [0.15, 0.2) is 0 Å². The predicted molar refractivity (Wildman–Crippen MR) is 105 cm³/mol. The van der Waals surface area contributed by atoms with Gasteiger partial charge in [-0.05, 0) is 57.5 Å². The van der Waals surface area contributed by atoms with E-state index in [0.717, 1.165) is 42.3 Å². The Kier molecular flexibility index (Phi) is 7.93. The van der Waals surface area contributed by atoms with Crippen molar-refractivity contribution in [3.8, 4) is 5.82 Å². The van der Waals surface area contributed by atoms with Gasteiger partial charge in [0.1, 0.15) is 5.82 Å². The first kappa shape index (κ1) is 21.5. The number of carbonyl (C=O) groups excluding carboxylic acids is 1. The lowest BCUT2D eigenvalue weighted by molar-refractivity contribution is 0.0913. The first-order valence-electron chi connectivity index (χ1n) is 8.20. The molecular formula is C18H26Cl2N4O. The molecule has 3 heterocycles. The Bertz CT molecular complexity index is 703. The fourth-order valence-corrected chi connectivity index (χ4v) is 3.31. The fraction of sp³-hybridized carbons (Fsp3) is 0.444. The minimum Gasteiger partial charge on any atom is -0.349 e. The van der Waals surface area contributed by atoms with Crippen LogP contribution < -0.4 is 10.6 Å². The first-order valence-corrected chi connectivity index (χ1v) is 8.20. The Morgan fingerprint density at radius 2 is 2.08 bits per heavy atom. The minimum atomic E-state index is 0. The van der Waals surface area contributed by atoms with E-state index in [1.54, 1.807) is 6.20 Å². The molecule has 5 nitrogen and oxygen atoms in total. The van der Waals surface area contributed by atoms with Crippen molar-refractivity contribution < 1.29 is 4.79 Å². The lowest BCUT2D eigenvalue weighted by Crippen LogP contribution is -2.48. The molecule has 1 aliphatic heterocycles. The van der Waals surface area contributed by atoms with Crippen molar-refractivity contribution in [3.63, 3.8) is 0 Å². The molecule has 0 aliphatic carbocycles. The average molecular weight is 385 g/mol. The molecule has 0 radical (unpaired) electrons.